The number of hydrogen-bond acceptors (Lipinski definition) is 0. The molecule has 4 unspecified atom stereocenters. The lowest BCUT2D eigenvalue weighted by Gasteiger charge is -2.42. The van der Waals surface area contributed by atoms with Crippen LogP contribution in [0.25, 0.3) is 0 Å². The van der Waals surface area contributed by atoms with Crippen molar-refractivity contribution in [2.45, 2.75) is 52.9 Å². The van der Waals surface area contributed by atoms with Crippen molar-refractivity contribution in [3.05, 3.63) is 12.7 Å². The maximum Gasteiger partial charge on any atom is -0.0325 e. The Labute approximate surface area is 89.8 Å². The summed E-state index contributed by atoms with van der Waals surface area (Å²) in [5.74, 6) is 3.81. The zero-order valence-electron chi connectivity index (χ0n) is 10.1. The van der Waals surface area contributed by atoms with Crippen LogP contribution in [-0.2, 0) is 0 Å². The monoisotopic (exact) mass is 194 g/mol. The standard InChI is InChI=1S/C14H26/c1-5-7-11(3)13(8-6-2)14-10-9-12(14)4/h5,11-14H,1,6-10H2,2-4H3. The van der Waals surface area contributed by atoms with E-state index in [-0.39, 0.29) is 0 Å². The first kappa shape index (κ1) is 11.8. The van der Waals surface area contributed by atoms with Crippen LogP contribution in [0.2, 0.25) is 0 Å². The second kappa shape index (κ2) is 5.58. The van der Waals surface area contributed by atoms with Gasteiger partial charge in [-0.15, -0.1) is 6.58 Å². The van der Waals surface area contributed by atoms with Gasteiger partial charge in [0, 0.05) is 0 Å². The molecule has 14 heavy (non-hydrogen) atoms. The van der Waals surface area contributed by atoms with Crippen LogP contribution in [0.15, 0.2) is 12.7 Å². The van der Waals surface area contributed by atoms with E-state index in [4.69, 9.17) is 0 Å². The fraction of sp³-hybridized carbons (Fsp3) is 0.857. The first-order chi connectivity index (χ1) is 6.70. The summed E-state index contributed by atoms with van der Waals surface area (Å²) in [6.45, 7) is 11.0. The molecule has 0 amide bonds. The van der Waals surface area contributed by atoms with E-state index in [1.165, 1.54) is 32.1 Å². The van der Waals surface area contributed by atoms with E-state index in [0.29, 0.717) is 0 Å². The van der Waals surface area contributed by atoms with Crippen molar-refractivity contribution in [1.29, 1.82) is 0 Å². The Morgan fingerprint density at radius 1 is 1.43 bits per heavy atom. The summed E-state index contributed by atoms with van der Waals surface area (Å²) in [7, 11) is 0. The molecule has 0 heterocycles. The summed E-state index contributed by atoms with van der Waals surface area (Å²) < 4.78 is 0. The Kier molecular flexibility index (Phi) is 4.71. The van der Waals surface area contributed by atoms with Crippen molar-refractivity contribution < 1.29 is 0 Å². The summed E-state index contributed by atoms with van der Waals surface area (Å²) in [5.41, 5.74) is 0. The van der Waals surface area contributed by atoms with Gasteiger partial charge in [-0.25, -0.2) is 0 Å². The molecule has 0 saturated heterocycles. The molecule has 82 valence electrons. The average Bonchev–Trinajstić information content (AvgIpc) is 2.15. The molecule has 0 aromatic heterocycles. The Morgan fingerprint density at radius 2 is 2.14 bits per heavy atom. The van der Waals surface area contributed by atoms with Gasteiger partial charge in [-0.2, -0.15) is 0 Å². The van der Waals surface area contributed by atoms with Crippen LogP contribution >= 0.6 is 0 Å². The van der Waals surface area contributed by atoms with E-state index in [1.807, 2.05) is 0 Å². The molecule has 1 saturated carbocycles. The highest BCUT2D eigenvalue weighted by molar-refractivity contribution is 4.87. The van der Waals surface area contributed by atoms with E-state index in [9.17, 15) is 0 Å². The zero-order valence-corrected chi connectivity index (χ0v) is 10.1. The first-order valence-corrected chi connectivity index (χ1v) is 6.31. The SMILES string of the molecule is C=CCC(C)C(CCC)C1CCC1C. The van der Waals surface area contributed by atoms with Crippen molar-refractivity contribution in [2.24, 2.45) is 23.7 Å². The maximum atomic E-state index is 3.87. The molecule has 0 aromatic carbocycles. The zero-order chi connectivity index (χ0) is 10.6. The highest BCUT2D eigenvalue weighted by Crippen LogP contribution is 2.44. The second-order valence-corrected chi connectivity index (χ2v) is 5.17. The summed E-state index contributed by atoms with van der Waals surface area (Å²) in [4.78, 5) is 0. The van der Waals surface area contributed by atoms with Crippen molar-refractivity contribution in [3.8, 4) is 0 Å². The molecule has 0 bridgehead atoms. The van der Waals surface area contributed by atoms with Gasteiger partial charge in [0.2, 0.25) is 0 Å². The van der Waals surface area contributed by atoms with Gasteiger partial charge in [-0.3, -0.25) is 0 Å². The topological polar surface area (TPSA) is 0 Å². The highest BCUT2D eigenvalue weighted by atomic mass is 14.4. The highest BCUT2D eigenvalue weighted by Gasteiger charge is 2.35. The predicted molar refractivity (Wildman–Crippen MR) is 64.3 cm³/mol. The minimum atomic E-state index is 0.847. The molecule has 0 spiro atoms. The van der Waals surface area contributed by atoms with Gasteiger partial charge < -0.3 is 0 Å². The molecule has 0 radical (unpaired) electrons. The van der Waals surface area contributed by atoms with Crippen molar-refractivity contribution in [3.63, 3.8) is 0 Å². The van der Waals surface area contributed by atoms with E-state index in [2.05, 4.69) is 33.4 Å². The van der Waals surface area contributed by atoms with Crippen LogP contribution in [0.4, 0.5) is 0 Å². The summed E-state index contributed by atoms with van der Waals surface area (Å²) >= 11 is 0. The van der Waals surface area contributed by atoms with Crippen LogP contribution in [0, 0.1) is 23.7 Å². The average molecular weight is 194 g/mol. The van der Waals surface area contributed by atoms with E-state index in [0.717, 1.165) is 23.7 Å². The van der Waals surface area contributed by atoms with Crippen molar-refractivity contribution >= 4 is 0 Å². The van der Waals surface area contributed by atoms with Crippen LogP contribution in [-0.4, -0.2) is 0 Å². The number of allylic oxidation sites excluding steroid dienone is 1. The third kappa shape index (κ3) is 2.62. The molecule has 0 nitrogen and oxygen atoms in total. The Bertz CT molecular complexity index is 171. The molecule has 0 heteroatoms. The van der Waals surface area contributed by atoms with Gasteiger partial charge in [-0.1, -0.05) is 46.1 Å². The van der Waals surface area contributed by atoms with Crippen LogP contribution in [0.1, 0.15) is 52.9 Å². The van der Waals surface area contributed by atoms with E-state index in [1.54, 1.807) is 0 Å². The van der Waals surface area contributed by atoms with E-state index >= 15 is 0 Å². The lowest BCUT2D eigenvalue weighted by molar-refractivity contribution is 0.0768. The molecule has 1 fully saturated rings. The van der Waals surface area contributed by atoms with Crippen molar-refractivity contribution in [2.75, 3.05) is 0 Å². The van der Waals surface area contributed by atoms with Gasteiger partial charge in [0.05, 0.1) is 0 Å². The van der Waals surface area contributed by atoms with E-state index < -0.39 is 0 Å². The largest absolute Gasteiger partial charge is 0.103 e. The summed E-state index contributed by atoms with van der Waals surface area (Å²) in [5, 5.41) is 0. The van der Waals surface area contributed by atoms with Gasteiger partial charge in [-0.05, 0) is 36.5 Å². The molecule has 1 aliphatic carbocycles. The third-order valence-electron chi connectivity index (χ3n) is 4.13. The van der Waals surface area contributed by atoms with Gasteiger partial charge >= 0.3 is 0 Å². The molecule has 1 aliphatic rings. The van der Waals surface area contributed by atoms with Crippen LogP contribution < -0.4 is 0 Å². The normalized spacial score (nSPS) is 30.5. The molecule has 4 atom stereocenters. The Balaban J connectivity index is 2.48. The molecule has 0 N–H and O–H groups in total. The lowest BCUT2D eigenvalue weighted by atomic mass is 9.63. The molecule has 0 aromatic rings. The quantitative estimate of drug-likeness (QED) is 0.539. The molecular formula is C14H26. The maximum absolute atomic E-state index is 3.87. The lowest BCUT2D eigenvalue weighted by Crippen LogP contribution is -2.34. The number of hydrogen-bond donors (Lipinski definition) is 0. The fourth-order valence-corrected chi connectivity index (χ4v) is 3.02. The van der Waals surface area contributed by atoms with Gasteiger partial charge in [0.25, 0.3) is 0 Å². The molecule has 1 rings (SSSR count). The smallest absolute Gasteiger partial charge is 0.0325 e. The molecular weight excluding hydrogens is 168 g/mol. The fourth-order valence-electron chi connectivity index (χ4n) is 3.02. The number of rotatable bonds is 6. The predicted octanol–water partition coefficient (Wildman–Crippen LogP) is 4.66. The minimum Gasteiger partial charge on any atom is -0.103 e. The van der Waals surface area contributed by atoms with Crippen molar-refractivity contribution in [1.82, 2.24) is 0 Å². The second-order valence-electron chi connectivity index (χ2n) is 5.17. The minimum absolute atomic E-state index is 0.847. The van der Waals surface area contributed by atoms with Crippen LogP contribution in [0.5, 0.6) is 0 Å². The summed E-state index contributed by atoms with van der Waals surface area (Å²) in [6.07, 6.45) is 9.00. The Morgan fingerprint density at radius 3 is 2.50 bits per heavy atom. The third-order valence-corrected chi connectivity index (χ3v) is 4.13. The van der Waals surface area contributed by atoms with Gasteiger partial charge in [0.15, 0.2) is 0 Å². The van der Waals surface area contributed by atoms with Gasteiger partial charge in [0.1, 0.15) is 0 Å². The molecule has 0 aliphatic heterocycles. The van der Waals surface area contributed by atoms with Crippen LogP contribution in [0.3, 0.4) is 0 Å². The Hall–Kier alpha value is -0.260. The first-order valence-electron chi connectivity index (χ1n) is 6.31. The summed E-state index contributed by atoms with van der Waals surface area (Å²) in [6, 6.07) is 0.